The van der Waals surface area contributed by atoms with Crippen molar-refractivity contribution in [2.45, 2.75) is 26.4 Å². The predicted molar refractivity (Wildman–Crippen MR) is 125 cm³/mol. The van der Waals surface area contributed by atoms with Crippen molar-refractivity contribution in [1.29, 1.82) is 0 Å². The van der Waals surface area contributed by atoms with E-state index in [1.165, 1.54) is 11.5 Å². The summed E-state index contributed by atoms with van der Waals surface area (Å²) in [6.45, 7) is 4.34. The molecule has 7 heteroatoms. The fraction of sp³-hybridized carbons (Fsp3) is 0.208. The van der Waals surface area contributed by atoms with Crippen molar-refractivity contribution in [2.75, 3.05) is 0 Å². The van der Waals surface area contributed by atoms with Crippen LogP contribution in [-0.2, 0) is 13.6 Å². The highest BCUT2D eigenvalue weighted by Gasteiger charge is 2.16. The van der Waals surface area contributed by atoms with Crippen LogP contribution < -0.4 is 11.1 Å². The maximum Gasteiger partial charge on any atom is 0.252 e. The van der Waals surface area contributed by atoms with E-state index in [0.29, 0.717) is 12.1 Å². The lowest BCUT2D eigenvalue weighted by molar-refractivity contribution is 0.0939. The Morgan fingerprint density at radius 1 is 1.16 bits per heavy atom. The molecule has 0 spiro atoms. The van der Waals surface area contributed by atoms with E-state index < -0.39 is 0 Å². The fourth-order valence-electron chi connectivity index (χ4n) is 3.54. The van der Waals surface area contributed by atoms with Gasteiger partial charge in [0.25, 0.3) is 5.91 Å². The van der Waals surface area contributed by atoms with E-state index in [4.69, 9.17) is 5.73 Å². The number of nitrogens with zero attached hydrogens (tertiary/aromatic N) is 3. The van der Waals surface area contributed by atoms with Crippen LogP contribution in [0.3, 0.4) is 0 Å². The molecule has 0 aliphatic carbocycles. The molecule has 1 amide bonds. The summed E-state index contributed by atoms with van der Waals surface area (Å²) >= 11 is 1.45. The highest BCUT2D eigenvalue weighted by Crippen LogP contribution is 2.32. The minimum absolute atomic E-state index is 0.105. The highest BCUT2D eigenvalue weighted by molar-refractivity contribution is 7.09. The Bertz CT molecular complexity index is 1210. The normalized spacial score (nSPS) is 12.0. The molecule has 0 saturated heterocycles. The second kappa shape index (κ2) is 8.83. The van der Waals surface area contributed by atoms with Crippen LogP contribution in [0.25, 0.3) is 21.6 Å². The van der Waals surface area contributed by atoms with E-state index in [1.54, 1.807) is 10.9 Å². The molecule has 158 valence electrons. The first-order valence-electron chi connectivity index (χ1n) is 10.1. The Hall–Kier alpha value is -3.29. The third-order valence-corrected chi connectivity index (χ3v) is 6.14. The van der Waals surface area contributed by atoms with Gasteiger partial charge in [0.2, 0.25) is 0 Å². The van der Waals surface area contributed by atoms with Gasteiger partial charge in [0, 0.05) is 37.1 Å². The van der Waals surface area contributed by atoms with Crippen molar-refractivity contribution < 1.29 is 4.79 Å². The van der Waals surface area contributed by atoms with Crippen LogP contribution in [-0.4, -0.2) is 20.1 Å². The Morgan fingerprint density at radius 2 is 1.97 bits per heavy atom. The molecule has 0 bridgehead atoms. The van der Waals surface area contributed by atoms with Gasteiger partial charge < -0.3 is 11.1 Å². The van der Waals surface area contributed by atoms with E-state index in [0.717, 1.165) is 38.3 Å². The number of benzene rings is 2. The Kier molecular flexibility index (Phi) is 5.97. The third kappa shape index (κ3) is 4.57. The van der Waals surface area contributed by atoms with Crippen molar-refractivity contribution in [3.63, 3.8) is 0 Å². The zero-order valence-corrected chi connectivity index (χ0v) is 18.6. The number of hydrogen-bond acceptors (Lipinski definition) is 5. The molecule has 0 aliphatic heterocycles. The van der Waals surface area contributed by atoms with Gasteiger partial charge in [0.15, 0.2) is 0 Å². The van der Waals surface area contributed by atoms with Crippen LogP contribution in [0.2, 0.25) is 0 Å². The van der Waals surface area contributed by atoms with Crippen LogP contribution in [0.15, 0.2) is 61.1 Å². The van der Waals surface area contributed by atoms with Crippen molar-refractivity contribution in [3.8, 4) is 21.6 Å². The van der Waals surface area contributed by atoms with Gasteiger partial charge in [-0.2, -0.15) is 5.10 Å². The molecule has 2 heterocycles. The number of rotatable bonds is 6. The Morgan fingerprint density at radius 3 is 2.65 bits per heavy atom. The molecular formula is C24H25N5OS. The first-order valence-corrected chi connectivity index (χ1v) is 10.9. The topological polar surface area (TPSA) is 85.8 Å². The summed E-state index contributed by atoms with van der Waals surface area (Å²) in [6.07, 6.45) is 5.63. The average molecular weight is 432 g/mol. The number of aromatic nitrogens is 3. The number of hydrogen-bond donors (Lipinski definition) is 2. The molecule has 1 atom stereocenters. The molecule has 4 aromatic rings. The van der Waals surface area contributed by atoms with Gasteiger partial charge in [-0.25, -0.2) is 4.37 Å². The molecule has 2 aromatic heterocycles. The van der Waals surface area contributed by atoms with Gasteiger partial charge in [0.05, 0.1) is 17.1 Å². The molecule has 0 radical (unpaired) electrons. The van der Waals surface area contributed by atoms with Crippen molar-refractivity contribution in [2.24, 2.45) is 12.8 Å². The summed E-state index contributed by atoms with van der Waals surface area (Å²) in [7, 11) is 1.90. The average Bonchev–Trinajstić information content (AvgIpc) is 3.46. The van der Waals surface area contributed by atoms with E-state index in [1.807, 2.05) is 57.6 Å². The second-order valence-corrected chi connectivity index (χ2v) is 8.50. The van der Waals surface area contributed by atoms with E-state index in [-0.39, 0.29) is 11.9 Å². The summed E-state index contributed by atoms with van der Waals surface area (Å²) in [5, 5.41) is 7.45. The zero-order valence-electron chi connectivity index (χ0n) is 17.8. The number of nitrogens with two attached hydrogens (primary N) is 1. The quantitative estimate of drug-likeness (QED) is 0.472. The van der Waals surface area contributed by atoms with Gasteiger partial charge in [-0.05, 0) is 83.5 Å². The molecule has 0 fully saturated rings. The predicted octanol–water partition coefficient (Wildman–Crippen LogP) is 4.47. The molecule has 31 heavy (non-hydrogen) atoms. The van der Waals surface area contributed by atoms with Gasteiger partial charge in [0.1, 0.15) is 0 Å². The highest BCUT2D eigenvalue weighted by atomic mass is 32.1. The number of carbonyl (C=O) groups excluding carboxylic acids is 1. The van der Waals surface area contributed by atoms with Gasteiger partial charge >= 0.3 is 0 Å². The molecule has 0 aliphatic rings. The number of carbonyl (C=O) groups is 1. The Balaban J connectivity index is 1.68. The summed E-state index contributed by atoms with van der Waals surface area (Å²) in [6, 6.07) is 13.9. The van der Waals surface area contributed by atoms with Gasteiger partial charge in [-0.1, -0.05) is 12.1 Å². The monoisotopic (exact) mass is 431 g/mol. The lowest BCUT2D eigenvalue weighted by Gasteiger charge is -2.18. The largest absolute Gasteiger partial charge is 0.346 e. The summed E-state index contributed by atoms with van der Waals surface area (Å²) < 4.78 is 6.02. The maximum atomic E-state index is 13.0. The van der Waals surface area contributed by atoms with Gasteiger partial charge in [-0.3, -0.25) is 9.48 Å². The SMILES string of the molecule is Cc1ccc(CN)cc1C(=O)NC(C)c1cc(-c2cnn(C)c2)cc(-c2ccns2)c1. The van der Waals surface area contributed by atoms with Crippen LogP contribution in [0.5, 0.6) is 0 Å². The molecule has 4 rings (SSSR count). The van der Waals surface area contributed by atoms with E-state index in [9.17, 15) is 4.79 Å². The minimum Gasteiger partial charge on any atom is -0.346 e. The van der Waals surface area contributed by atoms with Crippen molar-refractivity contribution in [3.05, 3.63) is 83.3 Å². The van der Waals surface area contributed by atoms with Crippen molar-refractivity contribution in [1.82, 2.24) is 19.5 Å². The first-order chi connectivity index (χ1) is 14.9. The zero-order chi connectivity index (χ0) is 22.0. The fourth-order valence-corrected chi connectivity index (χ4v) is 4.12. The van der Waals surface area contributed by atoms with Crippen molar-refractivity contribution >= 4 is 17.4 Å². The number of aryl methyl sites for hydroxylation is 2. The summed E-state index contributed by atoms with van der Waals surface area (Å²) in [5.41, 5.74) is 12.4. The maximum absolute atomic E-state index is 13.0. The minimum atomic E-state index is -0.184. The van der Waals surface area contributed by atoms with Crippen LogP contribution in [0.4, 0.5) is 0 Å². The molecule has 0 saturated carbocycles. The lowest BCUT2D eigenvalue weighted by Crippen LogP contribution is -2.27. The molecule has 2 aromatic carbocycles. The van der Waals surface area contributed by atoms with Crippen LogP contribution in [0, 0.1) is 6.92 Å². The lowest BCUT2D eigenvalue weighted by atomic mass is 9.97. The number of nitrogens with one attached hydrogen (secondary N) is 1. The summed E-state index contributed by atoms with van der Waals surface area (Å²) in [5.74, 6) is -0.105. The molecule has 1 unspecified atom stereocenters. The smallest absolute Gasteiger partial charge is 0.252 e. The molecular weight excluding hydrogens is 406 g/mol. The van der Waals surface area contributed by atoms with E-state index >= 15 is 0 Å². The Labute approximate surface area is 185 Å². The van der Waals surface area contributed by atoms with Gasteiger partial charge in [-0.15, -0.1) is 0 Å². The third-order valence-electron chi connectivity index (χ3n) is 5.35. The van der Waals surface area contributed by atoms with Crippen LogP contribution in [0.1, 0.15) is 40.0 Å². The number of amides is 1. The van der Waals surface area contributed by atoms with E-state index in [2.05, 4.69) is 33.0 Å². The molecule has 6 nitrogen and oxygen atoms in total. The standard InChI is InChI=1S/C24H25N5OS/c1-15-4-5-17(12-25)8-22(15)24(30)28-16(2)18-9-19(21-13-26-29(3)14-21)11-20(10-18)23-6-7-27-31-23/h4-11,13-14,16H,12,25H2,1-3H3,(H,28,30). The first kappa shape index (κ1) is 21.0. The summed E-state index contributed by atoms with van der Waals surface area (Å²) in [4.78, 5) is 14.1. The van der Waals surface area contributed by atoms with Crippen LogP contribution >= 0.6 is 11.5 Å². The molecule has 3 N–H and O–H groups in total. The second-order valence-electron chi connectivity index (χ2n) is 7.67.